The second-order valence-electron chi connectivity index (χ2n) is 4.07. The van der Waals surface area contributed by atoms with Crippen LogP contribution >= 0.6 is 0 Å². The van der Waals surface area contributed by atoms with Gasteiger partial charge in [0, 0.05) is 12.7 Å². The van der Waals surface area contributed by atoms with E-state index in [0.717, 1.165) is 24.1 Å². The second-order valence-corrected chi connectivity index (χ2v) is 4.07. The van der Waals surface area contributed by atoms with Gasteiger partial charge in [-0.25, -0.2) is 4.79 Å². The topological polar surface area (TPSA) is 59.3 Å². The van der Waals surface area contributed by atoms with Crippen LogP contribution in [0.2, 0.25) is 0 Å². The molecule has 1 unspecified atom stereocenters. The lowest BCUT2D eigenvalue weighted by Crippen LogP contribution is -2.26. The Bertz CT molecular complexity index is 487. The zero-order chi connectivity index (χ0) is 11.2. The van der Waals surface area contributed by atoms with Gasteiger partial charge in [0.15, 0.2) is 0 Å². The van der Waals surface area contributed by atoms with E-state index >= 15 is 0 Å². The molecule has 0 bridgehead atoms. The number of rotatable bonds is 1. The summed E-state index contributed by atoms with van der Waals surface area (Å²) in [6, 6.07) is 1.54. The van der Waals surface area contributed by atoms with Crippen molar-refractivity contribution in [3.63, 3.8) is 0 Å². The minimum Gasteiger partial charge on any atom is -0.477 e. The average Bonchev–Trinajstić information content (AvgIpc) is 2.53. The van der Waals surface area contributed by atoms with E-state index in [1.807, 2.05) is 0 Å². The highest BCUT2D eigenvalue weighted by Crippen LogP contribution is 2.31. The summed E-state index contributed by atoms with van der Waals surface area (Å²) >= 11 is 0. The van der Waals surface area contributed by atoms with Crippen LogP contribution in [0.15, 0.2) is 10.9 Å². The molecule has 0 saturated carbocycles. The highest BCUT2D eigenvalue weighted by molar-refractivity contribution is 5.87. The van der Waals surface area contributed by atoms with Gasteiger partial charge in [-0.05, 0) is 30.4 Å². The molecule has 0 aromatic carbocycles. The number of hydrogen-bond donors (Lipinski definition) is 1. The van der Waals surface area contributed by atoms with E-state index in [4.69, 9.17) is 5.11 Å². The zero-order valence-electron chi connectivity index (χ0n) is 8.78. The lowest BCUT2D eigenvalue weighted by molar-refractivity contribution is 0.0694. The lowest BCUT2D eigenvalue weighted by Gasteiger charge is -2.09. The van der Waals surface area contributed by atoms with Crippen molar-refractivity contribution in [3.8, 4) is 0 Å². The summed E-state index contributed by atoms with van der Waals surface area (Å²) in [4.78, 5) is 22.5. The maximum Gasteiger partial charge on any atom is 0.341 e. The van der Waals surface area contributed by atoms with Crippen molar-refractivity contribution in [1.82, 2.24) is 4.57 Å². The van der Waals surface area contributed by atoms with E-state index in [0.29, 0.717) is 5.92 Å². The Labute approximate surface area is 87.2 Å². The molecule has 0 fully saturated rings. The van der Waals surface area contributed by atoms with Crippen LogP contribution in [0.4, 0.5) is 0 Å². The van der Waals surface area contributed by atoms with Gasteiger partial charge in [0.2, 0.25) is 0 Å². The monoisotopic (exact) mass is 207 g/mol. The van der Waals surface area contributed by atoms with E-state index in [1.165, 1.54) is 10.6 Å². The van der Waals surface area contributed by atoms with Crippen molar-refractivity contribution >= 4 is 5.97 Å². The summed E-state index contributed by atoms with van der Waals surface area (Å²) in [5, 5.41) is 8.89. The van der Waals surface area contributed by atoms with Crippen LogP contribution < -0.4 is 5.56 Å². The summed E-state index contributed by atoms with van der Waals surface area (Å²) in [6.07, 6.45) is 1.85. The van der Waals surface area contributed by atoms with E-state index in [9.17, 15) is 9.59 Å². The number of pyridine rings is 1. The zero-order valence-corrected chi connectivity index (χ0v) is 8.78. The van der Waals surface area contributed by atoms with Crippen LogP contribution in [0.1, 0.15) is 40.9 Å². The van der Waals surface area contributed by atoms with Crippen LogP contribution in [-0.4, -0.2) is 15.6 Å². The van der Waals surface area contributed by atoms with E-state index in [1.54, 1.807) is 7.05 Å². The summed E-state index contributed by atoms with van der Waals surface area (Å²) < 4.78 is 1.47. The average molecular weight is 207 g/mol. The van der Waals surface area contributed by atoms with Crippen LogP contribution in [0.5, 0.6) is 0 Å². The predicted molar refractivity (Wildman–Crippen MR) is 55.4 cm³/mol. The number of carboxylic acid groups (broad SMARTS) is 1. The van der Waals surface area contributed by atoms with Crippen LogP contribution in [0, 0.1) is 0 Å². The lowest BCUT2D eigenvalue weighted by atomic mass is 10.0. The molecule has 4 nitrogen and oxygen atoms in total. The first kappa shape index (κ1) is 9.96. The van der Waals surface area contributed by atoms with Gasteiger partial charge in [-0.1, -0.05) is 6.92 Å². The Hall–Kier alpha value is -1.58. The van der Waals surface area contributed by atoms with Gasteiger partial charge in [0.25, 0.3) is 5.56 Å². The molecule has 1 atom stereocenters. The summed E-state index contributed by atoms with van der Waals surface area (Å²) in [5.74, 6) is -0.789. The third kappa shape index (κ3) is 1.37. The number of nitrogens with zero attached hydrogens (tertiary/aromatic N) is 1. The summed E-state index contributed by atoms with van der Waals surface area (Å²) in [6.45, 7) is 2.06. The van der Waals surface area contributed by atoms with Crippen molar-refractivity contribution in [3.05, 3.63) is 33.2 Å². The Balaban J connectivity index is 2.74. The number of carbonyl (C=O) groups is 1. The molecular weight excluding hydrogens is 194 g/mol. The van der Waals surface area contributed by atoms with Gasteiger partial charge in [0.05, 0.1) is 0 Å². The van der Waals surface area contributed by atoms with Crippen molar-refractivity contribution in [2.45, 2.75) is 25.7 Å². The highest BCUT2D eigenvalue weighted by atomic mass is 16.4. The molecule has 0 radical (unpaired) electrons. The Morgan fingerprint density at radius 2 is 2.27 bits per heavy atom. The maximum absolute atomic E-state index is 11.7. The number of aromatic nitrogens is 1. The van der Waals surface area contributed by atoms with Crippen molar-refractivity contribution in [2.24, 2.45) is 7.05 Å². The molecule has 15 heavy (non-hydrogen) atoms. The van der Waals surface area contributed by atoms with Gasteiger partial charge >= 0.3 is 5.97 Å². The fraction of sp³-hybridized carbons (Fsp3) is 0.455. The molecule has 0 saturated heterocycles. The largest absolute Gasteiger partial charge is 0.477 e. The van der Waals surface area contributed by atoms with Gasteiger partial charge in [-0.2, -0.15) is 0 Å². The third-order valence-electron chi connectivity index (χ3n) is 3.15. The molecule has 2 rings (SSSR count). The molecule has 1 N–H and O–H groups in total. The van der Waals surface area contributed by atoms with Crippen molar-refractivity contribution < 1.29 is 9.90 Å². The van der Waals surface area contributed by atoms with Crippen molar-refractivity contribution in [2.75, 3.05) is 0 Å². The first-order valence-corrected chi connectivity index (χ1v) is 4.98. The van der Waals surface area contributed by atoms with Gasteiger partial charge in [0.1, 0.15) is 5.56 Å². The third-order valence-corrected chi connectivity index (χ3v) is 3.15. The van der Waals surface area contributed by atoms with Crippen LogP contribution in [-0.2, 0) is 13.5 Å². The quantitative estimate of drug-likeness (QED) is 0.751. The summed E-state index contributed by atoms with van der Waals surface area (Å²) in [5.41, 5.74) is 1.47. The molecule has 1 aliphatic rings. The number of fused-ring (bicyclic) bond motifs is 1. The fourth-order valence-electron chi connectivity index (χ4n) is 2.20. The normalized spacial score (nSPS) is 18.9. The molecule has 1 aromatic rings. The van der Waals surface area contributed by atoms with E-state index < -0.39 is 11.5 Å². The Kier molecular flexibility index (Phi) is 2.14. The predicted octanol–water partition coefficient (Wildman–Crippen LogP) is 1.13. The minimum atomic E-state index is -1.14. The smallest absolute Gasteiger partial charge is 0.341 e. The molecule has 80 valence electrons. The van der Waals surface area contributed by atoms with Gasteiger partial charge < -0.3 is 9.67 Å². The van der Waals surface area contributed by atoms with Gasteiger partial charge in [-0.15, -0.1) is 0 Å². The Morgan fingerprint density at radius 1 is 1.60 bits per heavy atom. The molecule has 1 heterocycles. The van der Waals surface area contributed by atoms with Crippen LogP contribution in [0.3, 0.4) is 0 Å². The van der Waals surface area contributed by atoms with Crippen molar-refractivity contribution in [1.29, 1.82) is 0 Å². The fourth-order valence-corrected chi connectivity index (χ4v) is 2.20. The Morgan fingerprint density at radius 3 is 2.87 bits per heavy atom. The first-order chi connectivity index (χ1) is 7.02. The highest BCUT2D eigenvalue weighted by Gasteiger charge is 2.24. The molecule has 4 heteroatoms. The number of carboxylic acids is 1. The standard InChI is InChI=1S/C11H13NO3/c1-6-3-4-9-7(6)5-8(11(14)15)10(13)12(9)2/h5-6H,3-4H2,1-2H3,(H,14,15). The first-order valence-electron chi connectivity index (χ1n) is 4.98. The molecule has 0 spiro atoms. The number of hydrogen-bond acceptors (Lipinski definition) is 2. The van der Waals surface area contributed by atoms with Gasteiger partial charge in [-0.3, -0.25) is 4.79 Å². The molecule has 1 aromatic heterocycles. The number of aromatic carboxylic acids is 1. The SMILES string of the molecule is CC1CCc2c1cc(C(=O)O)c(=O)n2C. The van der Waals surface area contributed by atoms with Crippen LogP contribution in [0.25, 0.3) is 0 Å². The molecule has 0 aliphatic heterocycles. The van der Waals surface area contributed by atoms with E-state index in [-0.39, 0.29) is 5.56 Å². The molecule has 0 amide bonds. The summed E-state index contributed by atoms with van der Waals surface area (Å²) in [7, 11) is 1.64. The minimum absolute atomic E-state index is 0.120. The van der Waals surface area contributed by atoms with E-state index in [2.05, 4.69) is 6.92 Å². The second kappa shape index (κ2) is 3.22. The molecular formula is C11H13NO3. The maximum atomic E-state index is 11.7. The molecule has 1 aliphatic carbocycles.